The third-order valence-electron chi connectivity index (χ3n) is 5.85. The first-order chi connectivity index (χ1) is 10.3. The molecule has 0 aromatic rings. The van der Waals surface area contributed by atoms with Gasteiger partial charge in [0, 0.05) is 51.7 Å². The smallest absolute Gasteiger partial charge is 0.193 e. The lowest BCUT2D eigenvalue weighted by Crippen LogP contribution is -2.43. The fourth-order valence-corrected chi connectivity index (χ4v) is 4.65. The van der Waals surface area contributed by atoms with Gasteiger partial charge in [0.2, 0.25) is 0 Å². The molecule has 4 saturated heterocycles. The molecule has 0 aliphatic carbocycles. The number of hydrogen-bond acceptors (Lipinski definition) is 3. The van der Waals surface area contributed by atoms with Gasteiger partial charge in [-0.15, -0.1) is 24.0 Å². The minimum absolute atomic E-state index is 0. The highest BCUT2D eigenvalue weighted by Crippen LogP contribution is 2.47. The second-order valence-electron chi connectivity index (χ2n) is 7.01. The van der Waals surface area contributed by atoms with Crippen LogP contribution in [0.4, 0.5) is 0 Å². The summed E-state index contributed by atoms with van der Waals surface area (Å²) in [5.41, 5.74) is 0. The molecule has 4 unspecified atom stereocenters. The predicted molar refractivity (Wildman–Crippen MR) is 96.8 cm³/mol. The van der Waals surface area contributed by atoms with Crippen molar-refractivity contribution >= 4 is 29.9 Å². The first-order valence-corrected chi connectivity index (χ1v) is 8.54. The average Bonchev–Trinajstić information content (AvgIpc) is 3.21. The van der Waals surface area contributed by atoms with Gasteiger partial charge in [0.1, 0.15) is 0 Å². The summed E-state index contributed by atoms with van der Waals surface area (Å²) >= 11 is 0. The van der Waals surface area contributed by atoms with Crippen molar-refractivity contribution in [2.45, 2.75) is 37.9 Å². The molecule has 4 aliphatic rings. The molecule has 2 bridgehead atoms. The molecule has 1 N–H and O–H groups in total. The van der Waals surface area contributed by atoms with E-state index in [4.69, 9.17) is 9.47 Å². The zero-order valence-corrected chi connectivity index (χ0v) is 15.7. The molecule has 0 aromatic heterocycles. The van der Waals surface area contributed by atoms with E-state index in [0.717, 1.165) is 56.6 Å². The molecule has 126 valence electrons. The third kappa shape index (κ3) is 3.11. The Hall–Kier alpha value is -0.0800. The van der Waals surface area contributed by atoms with E-state index in [1.54, 1.807) is 0 Å². The van der Waals surface area contributed by atoms with Crippen LogP contribution in [0.2, 0.25) is 0 Å². The topological polar surface area (TPSA) is 46.1 Å². The van der Waals surface area contributed by atoms with E-state index < -0.39 is 0 Å². The highest BCUT2D eigenvalue weighted by molar-refractivity contribution is 14.0. The van der Waals surface area contributed by atoms with Gasteiger partial charge in [-0.25, -0.2) is 0 Å². The Bertz CT molecular complexity index is 396. The van der Waals surface area contributed by atoms with Gasteiger partial charge in [0.25, 0.3) is 0 Å². The summed E-state index contributed by atoms with van der Waals surface area (Å²) in [6, 6.07) is 0. The molecule has 0 saturated carbocycles. The summed E-state index contributed by atoms with van der Waals surface area (Å²) < 4.78 is 11.5. The molecule has 4 fully saturated rings. The van der Waals surface area contributed by atoms with E-state index >= 15 is 0 Å². The van der Waals surface area contributed by atoms with Crippen molar-refractivity contribution < 1.29 is 9.47 Å². The summed E-state index contributed by atoms with van der Waals surface area (Å²) in [6.07, 6.45) is 5.94. The van der Waals surface area contributed by atoms with Gasteiger partial charge in [0.15, 0.2) is 5.96 Å². The first kappa shape index (κ1) is 16.8. The number of hydrogen-bond donors (Lipinski definition) is 1. The second kappa shape index (κ2) is 7.21. The number of nitrogens with one attached hydrogen (secondary N) is 1. The summed E-state index contributed by atoms with van der Waals surface area (Å²) in [4.78, 5) is 6.97. The Morgan fingerprint density at radius 2 is 1.73 bits per heavy atom. The third-order valence-corrected chi connectivity index (χ3v) is 5.85. The van der Waals surface area contributed by atoms with Crippen molar-refractivity contribution in [2.75, 3.05) is 39.9 Å². The number of fused-ring (bicyclic) bond motifs is 5. The van der Waals surface area contributed by atoms with Crippen LogP contribution in [0.15, 0.2) is 4.99 Å². The van der Waals surface area contributed by atoms with Crippen LogP contribution in [0, 0.1) is 17.8 Å². The number of halogens is 1. The number of nitrogens with zero attached hydrogens (tertiary/aromatic N) is 2. The summed E-state index contributed by atoms with van der Waals surface area (Å²) in [7, 11) is 1.91. The van der Waals surface area contributed by atoms with Crippen LogP contribution in [0.1, 0.15) is 25.7 Å². The van der Waals surface area contributed by atoms with E-state index in [-0.39, 0.29) is 24.0 Å². The Kier molecular flexibility index (Phi) is 5.50. The van der Waals surface area contributed by atoms with E-state index in [1.165, 1.54) is 25.7 Å². The van der Waals surface area contributed by atoms with Crippen LogP contribution < -0.4 is 5.32 Å². The lowest BCUT2D eigenvalue weighted by atomic mass is 9.82. The lowest BCUT2D eigenvalue weighted by molar-refractivity contribution is 0.0669. The average molecular weight is 421 g/mol. The number of ether oxygens (including phenoxy) is 2. The van der Waals surface area contributed by atoms with Gasteiger partial charge in [-0.2, -0.15) is 0 Å². The summed E-state index contributed by atoms with van der Waals surface area (Å²) in [5.74, 6) is 3.31. The molecule has 0 radical (unpaired) electrons. The van der Waals surface area contributed by atoms with Crippen molar-refractivity contribution in [3.63, 3.8) is 0 Å². The zero-order chi connectivity index (χ0) is 14.2. The predicted octanol–water partition coefficient (Wildman–Crippen LogP) is 1.72. The van der Waals surface area contributed by atoms with Crippen LogP contribution in [0.5, 0.6) is 0 Å². The standard InChI is InChI=1S/C16H27N3O2.HI/c1-17-16(18-8-11-4-6-20-7-5-11)19-9-12-13(10-19)15-3-2-14(12)21-15;/h11-15H,2-10H2,1H3,(H,17,18);1H. The van der Waals surface area contributed by atoms with Crippen LogP contribution in [-0.4, -0.2) is 63.0 Å². The normalized spacial score (nSPS) is 38.0. The van der Waals surface area contributed by atoms with Gasteiger partial charge in [-0.05, 0) is 31.6 Å². The van der Waals surface area contributed by atoms with Gasteiger partial charge in [0.05, 0.1) is 12.2 Å². The van der Waals surface area contributed by atoms with Crippen molar-refractivity contribution in [3.8, 4) is 0 Å². The highest BCUT2D eigenvalue weighted by atomic mass is 127. The van der Waals surface area contributed by atoms with Gasteiger partial charge in [-0.1, -0.05) is 0 Å². The van der Waals surface area contributed by atoms with Gasteiger partial charge < -0.3 is 19.7 Å². The molecule has 0 aromatic carbocycles. The van der Waals surface area contributed by atoms with Gasteiger partial charge in [-0.3, -0.25) is 4.99 Å². The van der Waals surface area contributed by atoms with Crippen molar-refractivity contribution in [2.24, 2.45) is 22.7 Å². The Morgan fingerprint density at radius 1 is 1.09 bits per heavy atom. The summed E-state index contributed by atoms with van der Waals surface area (Å²) in [5, 5.41) is 3.60. The minimum atomic E-state index is 0. The molecule has 0 spiro atoms. The number of aliphatic imine (C=N–C) groups is 1. The van der Waals surface area contributed by atoms with Crippen LogP contribution in [0.3, 0.4) is 0 Å². The molecule has 0 amide bonds. The van der Waals surface area contributed by atoms with Crippen LogP contribution >= 0.6 is 24.0 Å². The van der Waals surface area contributed by atoms with Crippen LogP contribution in [-0.2, 0) is 9.47 Å². The fourth-order valence-electron chi connectivity index (χ4n) is 4.65. The van der Waals surface area contributed by atoms with Crippen LogP contribution in [0.25, 0.3) is 0 Å². The maximum Gasteiger partial charge on any atom is 0.193 e. The fraction of sp³-hybridized carbons (Fsp3) is 0.938. The molecule has 4 atom stereocenters. The van der Waals surface area contributed by atoms with E-state index in [1.807, 2.05) is 7.05 Å². The van der Waals surface area contributed by atoms with E-state index in [2.05, 4.69) is 15.2 Å². The van der Waals surface area contributed by atoms with Crippen molar-refractivity contribution in [3.05, 3.63) is 0 Å². The minimum Gasteiger partial charge on any atom is -0.381 e. The molecule has 4 aliphatic heterocycles. The quantitative estimate of drug-likeness (QED) is 0.419. The van der Waals surface area contributed by atoms with E-state index in [0.29, 0.717) is 12.2 Å². The molecule has 5 nitrogen and oxygen atoms in total. The molecule has 6 heteroatoms. The number of rotatable bonds is 2. The Labute approximate surface area is 150 Å². The largest absolute Gasteiger partial charge is 0.381 e. The zero-order valence-electron chi connectivity index (χ0n) is 13.4. The molecule has 4 rings (SSSR count). The second-order valence-corrected chi connectivity index (χ2v) is 7.01. The highest BCUT2D eigenvalue weighted by Gasteiger charge is 2.53. The van der Waals surface area contributed by atoms with Crippen molar-refractivity contribution in [1.29, 1.82) is 0 Å². The lowest BCUT2D eigenvalue weighted by Gasteiger charge is -2.27. The maximum atomic E-state index is 6.06. The molecule has 4 heterocycles. The first-order valence-electron chi connectivity index (χ1n) is 8.54. The molecular formula is C16H28IN3O2. The summed E-state index contributed by atoms with van der Waals surface area (Å²) in [6.45, 7) is 5.11. The Morgan fingerprint density at radius 3 is 2.32 bits per heavy atom. The molecule has 22 heavy (non-hydrogen) atoms. The maximum absolute atomic E-state index is 6.06. The molecular weight excluding hydrogens is 393 g/mol. The van der Waals surface area contributed by atoms with E-state index in [9.17, 15) is 0 Å². The SMILES string of the molecule is CN=C(NCC1CCOCC1)N1CC2C3CCC(O3)C2C1.I. The van der Waals surface area contributed by atoms with Crippen molar-refractivity contribution in [1.82, 2.24) is 10.2 Å². The number of likely N-dealkylation sites (tertiary alicyclic amines) is 1. The van der Waals surface area contributed by atoms with Gasteiger partial charge >= 0.3 is 0 Å². The number of guanidine groups is 1. The Balaban J connectivity index is 0.00000144. The monoisotopic (exact) mass is 421 g/mol.